The lowest BCUT2D eigenvalue weighted by Crippen LogP contribution is -2.17. The van der Waals surface area contributed by atoms with E-state index in [9.17, 15) is 0 Å². The number of nitrogens with one attached hydrogen (secondary N) is 1. The molecule has 29 heavy (non-hydrogen) atoms. The standard InChI is InChI=1S/C23H22BrCl2NO2/c1-28-22-5-3-2-4-17(22)10-11-27-14-18-13-19(24)7-9-23(18)29-15-16-6-8-20(25)21(26)12-16/h2-9,12-13,27H,10-11,14-15H2,1H3. The van der Waals surface area contributed by atoms with Crippen molar-refractivity contribution in [2.24, 2.45) is 0 Å². The summed E-state index contributed by atoms with van der Waals surface area (Å²) in [7, 11) is 1.70. The van der Waals surface area contributed by atoms with Gasteiger partial charge in [0.15, 0.2) is 0 Å². The maximum atomic E-state index is 6.09. The van der Waals surface area contributed by atoms with Crippen LogP contribution in [0, 0.1) is 0 Å². The number of methoxy groups -OCH3 is 1. The van der Waals surface area contributed by atoms with Crippen LogP contribution in [0.2, 0.25) is 10.0 Å². The van der Waals surface area contributed by atoms with Crippen molar-refractivity contribution in [3.63, 3.8) is 0 Å². The van der Waals surface area contributed by atoms with Crippen molar-refractivity contribution >= 4 is 39.1 Å². The van der Waals surface area contributed by atoms with Crippen LogP contribution in [0.1, 0.15) is 16.7 Å². The van der Waals surface area contributed by atoms with E-state index in [1.807, 2.05) is 42.5 Å². The molecule has 3 aromatic rings. The molecular weight excluding hydrogens is 473 g/mol. The predicted octanol–water partition coefficient (Wildman–Crippen LogP) is 6.68. The zero-order chi connectivity index (χ0) is 20.6. The molecule has 3 rings (SSSR count). The summed E-state index contributed by atoms with van der Waals surface area (Å²) < 4.78 is 12.5. The first-order valence-electron chi connectivity index (χ1n) is 9.24. The van der Waals surface area contributed by atoms with Crippen LogP contribution in [0.4, 0.5) is 0 Å². The smallest absolute Gasteiger partial charge is 0.124 e. The van der Waals surface area contributed by atoms with Gasteiger partial charge >= 0.3 is 0 Å². The van der Waals surface area contributed by atoms with Gasteiger partial charge in [-0.3, -0.25) is 0 Å². The highest BCUT2D eigenvalue weighted by Crippen LogP contribution is 2.26. The van der Waals surface area contributed by atoms with Crippen molar-refractivity contribution < 1.29 is 9.47 Å². The first kappa shape index (κ1) is 22.0. The van der Waals surface area contributed by atoms with Crippen LogP contribution in [-0.4, -0.2) is 13.7 Å². The second-order valence-electron chi connectivity index (χ2n) is 6.53. The molecule has 3 aromatic carbocycles. The largest absolute Gasteiger partial charge is 0.496 e. The minimum Gasteiger partial charge on any atom is -0.496 e. The number of hydrogen-bond donors (Lipinski definition) is 1. The number of halogens is 3. The monoisotopic (exact) mass is 493 g/mol. The van der Waals surface area contributed by atoms with Crippen molar-refractivity contribution in [1.29, 1.82) is 0 Å². The topological polar surface area (TPSA) is 30.5 Å². The first-order chi connectivity index (χ1) is 14.1. The van der Waals surface area contributed by atoms with Gasteiger partial charge < -0.3 is 14.8 Å². The summed E-state index contributed by atoms with van der Waals surface area (Å²) in [6, 6.07) is 19.6. The molecule has 0 fully saturated rings. The van der Waals surface area contributed by atoms with Crippen molar-refractivity contribution in [3.05, 3.63) is 91.9 Å². The lowest BCUT2D eigenvalue weighted by Gasteiger charge is -2.14. The van der Waals surface area contributed by atoms with E-state index < -0.39 is 0 Å². The Labute approximate surface area is 190 Å². The van der Waals surface area contributed by atoms with Gasteiger partial charge in [0.25, 0.3) is 0 Å². The summed E-state index contributed by atoms with van der Waals surface area (Å²) in [4.78, 5) is 0. The molecule has 0 aromatic heterocycles. The van der Waals surface area contributed by atoms with Crippen molar-refractivity contribution in [1.82, 2.24) is 5.32 Å². The number of hydrogen-bond acceptors (Lipinski definition) is 3. The predicted molar refractivity (Wildman–Crippen MR) is 123 cm³/mol. The summed E-state index contributed by atoms with van der Waals surface area (Å²) in [5.41, 5.74) is 3.24. The van der Waals surface area contributed by atoms with Crippen molar-refractivity contribution in [3.8, 4) is 11.5 Å². The van der Waals surface area contributed by atoms with Crippen LogP contribution in [0.25, 0.3) is 0 Å². The van der Waals surface area contributed by atoms with E-state index in [1.165, 1.54) is 5.56 Å². The Balaban J connectivity index is 1.58. The number of benzene rings is 3. The highest BCUT2D eigenvalue weighted by molar-refractivity contribution is 9.10. The summed E-state index contributed by atoms with van der Waals surface area (Å²) in [6.07, 6.45) is 0.886. The molecule has 3 nitrogen and oxygen atoms in total. The first-order valence-corrected chi connectivity index (χ1v) is 10.8. The van der Waals surface area contributed by atoms with Gasteiger partial charge in [0, 0.05) is 16.6 Å². The molecule has 0 atom stereocenters. The molecule has 0 spiro atoms. The fourth-order valence-corrected chi connectivity index (χ4v) is 3.70. The van der Waals surface area contributed by atoms with E-state index in [-0.39, 0.29) is 0 Å². The maximum absolute atomic E-state index is 6.09. The molecule has 1 N–H and O–H groups in total. The maximum Gasteiger partial charge on any atom is 0.124 e. The van der Waals surface area contributed by atoms with Gasteiger partial charge in [0.2, 0.25) is 0 Å². The zero-order valence-electron chi connectivity index (χ0n) is 16.1. The second-order valence-corrected chi connectivity index (χ2v) is 8.26. The molecule has 0 heterocycles. The third kappa shape index (κ3) is 6.38. The summed E-state index contributed by atoms with van der Waals surface area (Å²) in [5.74, 6) is 1.76. The molecule has 0 unspecified atom stereocenters. The van der Waals surface area contributed by atoms with Gasteiger partial charge in [-0.05, 0) is 60.5 Å². The SMILES string of the molecule is COc1ccccc1CCNCc1cc(Br)ccc1OCc1ccc(Cl)c(Cl)c1. The van der Waals surface area contributed by atoms with Gasteiger partial charge in [-0.25, -0.2) is 0 Å². The average Bonchev–Trinajstić information content (AvgIpc) is 2.73. The quantitative estimate of drug-likeness (QED) is 0.336. The van der Waals surface area contributed by atoms with E-state index in [0.29, 0.717) is 23.2 Å². The Hall–Kier alpha value is -1.72. The van der Waals surface area contributed by atoms with Crippen LogP contribution in [0.5, 0.6) is 11.5 Å². The molecule has 152 valence electrons. The van der Waals surface area contributed by atoms with Crippen LogP contribution in [0.15, 0.2) is 65.1 Å². The minimum absolute atomic E-state index is 0.423. The van der Waals surface area contributed by atoms with Gasteiger partial charge in [-0.15, -0.1) is 0 Å². The summed E-state index contributed by atoms with van der Waals surface area (Å²) >= 11 is 15.6. The summed E-state index contributed by atoms with van der Waals surface area (Å²) in [6.45, 7) is 1.96. The van der Waals surface area contributed by atoms with E-state index in [1.54, 1.807) is 13.2 Å². The minimum atomic E-state index is 0.423. The van der Waals surface area contributed by atoms with E-state index in [0.717, 1.165) is 40.1 Å². The van der Waals surface area contributed by atoms with Crippen molar-refractivity contribution in [2.45, 2.75) is 19.6 Å². The van der Waals surface area contributed by atoms with Crippen LogP contribution in [-0.2, 0) is 19.6 Å². The Morgan fingerprint density at radius 1 is 0.897 bits per heavy atom. The van der Waals surface area contributed by atoms with Gasteiger partial charge in [0.1, 0.15) is 18.1 Å². The van der Waals surface area contributed by atoms with Gasteiger partial charge in [-0.2, -0.15) is 0 Å². The molecule has 0 bridgehead atoms. The highest BCUT2D eigenvalue weighted by Gasteiger charge is 2.07. The Bertz CT molecular complexity index is 965. The molecule has 0 aliphatic rings. The molecule has 0 amide bonds. The molecule has 0 aliphatic carbocycles. The molecule has 0 aliphatic heterocycles. The number of ether oxygens (including phenoxy) is 2. The van der Waals surface area contributed by atoms with E-state index >= 15 is 0 Å². The van der Waals surface area contributed by atoms with Gasteiger partial charge in [0.05, 0.1) is 17.2 Å². The molecule has 6 heteroatoms. The second kappa shape index (κ2) is 10.9. The lowest BCUT2D eigenvalue weighted by atomic mass is 10.1. The van der Waals surface area contributed by atoms with Crippen LogP contribution < -0.4 is 14.8 Å². The normalized spacial score (nSPS) is 10.8. The Morgan fingerprint density at radius 3 is 2.52 bits per heavy atom. The molecule has 0 saturated carbocycles. The molecular formula is C23H22BrCl2NO2. The zero-order valence-corrected chi connectivity index (χ0v) is 19.2. The molecule has 0 saturated heterocycles. The summed E-state index contributed by atoms with van der Waals surface area (Å²) in [5, 5.41) is 4.56. The third-order valence-electron chi connectivity index (χ3n) is 4.48. The third-order valence-corrected chi connectivity index (χ3v) is 5.71. The Morgan fingerprint density at radius 2 is 1.72 bits per heavy atom. The number of rotatable bonds is 9. The van der Waals surface area contributed by atoms with E-state index in [2.05, 4.69) is 33.4 Å². The van der Waals surface area contributed by atoms with Crippen molar-refractivity contribution in [2.75, 3.05) is 13.7 Å². The molecule has 0 radical (unpaired) electrons. The highest BCUT2D eigenvalue weighted by atomic mass is 79.9. The van der Waals surface area contributed by atoms with Crippen LogP contribution in [0.3, 0.4) is 0 Å². The fourth-order valence-electron chi connectivity index (χ4n) is 2.97. The number of para-hydroxylation sites is 1. The van der Waals surface area contributed by atoms with Crippen LogP contribution >= 0.6 is 39.1 Å². The lowest BCUT2D eigenvalue weighted by molar-refractivity contribution is 0.302. The Kier molecular flexibility index (Phi) is 8.25. The average molecular weight is 495 g/mol. The van der Waals surface area contributed by atoms with E-state index in [4.69, 9.17) is 32.7 Å². The fraction of sp³-hybridized carbons (Fsp3) is 0.217. The van der Waals surface area contributed by atoms with Gasteiger partial charge in [-0.1, -0.05) is 63.4 Å².